The number of ether oxygens (including phenoxy) is 1. The van der Waals surface area contributed by atoms with Crippen LogP contribution in [0.1, 0.15) is 11.1 Å². The number of carboxylic acids is 1. The molecule has 1 aromatic heterocycles. The van der Waals surface area contributed by atoms with Gasteiger partial charge in [0.1, 0.15) is 18.1 Å². The zero-order chi connectivity index (χ0) is 19.4. The van der Waals surface area contributed by atoms with E-state index >= 15 is 0 Å². The highest BCUT2D eigenvalue weighted by molar-refractivity contribution is 7.08. The molecular formula is C20H14Cl2O4S. The third kappa shape index (κ3) is 4.45. The summed E-state index contributed by atoms with van der Waals surface area (Å²) in [5.74, 6) is -0.458. The predicted octanol–water partition coefficient (Wildman–Crippen LogP) is 6.10. The molecule has 27 heavy (non-hydrogen) atoms. The molecule has 2 aromatic carbocycles. The van der Waals surface area contributed by atoms with Crippen LogP contribution in [0.5, 0.6) is 11.5 Å². The molecule has 2 N–H and O–H groups in total. The van der Waals surface area contributed by atoms with E-state index in [-0.39, 0.29) is 17.4 Å². The molecule has 0 saturated heterocycles. The molecule has 0 spiro atoms. The van der Waals surface area contributed by atoms with Gasteiger partial charge in [-0.1, -0.05) is 47.5 Å². The van der Waals surface area contributed by atoms with E-state index < -0.39 is 5.97 Å². The van der Waals surface area contributed by atoms with Gasteiger partial charge < -0.3 is 14.9 Å². The Kier molecular flexibility index (Phi) is 6.06. The number of carboxylic acid groups (broad SMARTS) is 1. The minimum atomic E-state index is -1.01. The quantitative estimate of drug-likeness (QED) is 0.472. The lowest BCUT2D eigenvalue weighted by molar-refractivity contribution is -0.131. The molecule has 3 aromatic rings. The van der Waals surface area contributed by atoms with Gasteiger partial charge in [-0.2, -0.15) is 0 Å². The van der Waals surface area contributed by atoms with Crippen molar-refractivity contribution in [2.75, 3.05) is 0 Å². The third-order valence-corrected chi connectivity index (χ3v) is 5.32. The summed E-state index contributed by atoms with van der Waals surface area (Å²) in [6, 6.07) is 10.4. The van der Waals surface area contributed by atoms with E-state index in [2.05, 4.69) is 0 Å². The van der Waals surface area contributed by atoms with Gasteiger partial charge in [-0.25, -0.2) is 4.79 Å². The van der Waals surface area contributed by atoms with E-state index in [9.17, 15) is 9.90 Å². The summed E-state index contributed by atoms with van der Waals surface area (Å²) >= 11 is 13.7. The summed E-state index contributed by atoms with van der Waals surface area (Å²) in [7, 11) is 0. The normalized spacial score (nSPS) is 11.0. The van der Waals surface area contributed by atoms with E-state index in [4.69, 9.17) is 33.0 Å². The van der Waals surface area contributed by atoms with Crippen molar-refractivity contribution in [1.29, 1.82) is 0 Å². The van der Waals surface area contributed by atoms with E-state index in [0.29, 0.717) is 16.3 Å². The number of halogens is 2. The average molecular weight is 421 g/mol. The lowest BCUT2D eigenvalue weighted by Crippen LogP contribution is -1.98. The molecule has 7 heteroatoms. The number of aromatic hydroxyl groups is 1. The molecule has 0 amide bonds. The first kappa shape index (κ1) is 19.3. The summed E-state index contributed by atoms with van der Waals surface area (Å²) in [6.45, 7) is 0.0862. The maximum absolute atomic E-state index is 10.8. The lowest BCUT2D eigenvalue weighted by atomic mass is 10.0. The Morgan fingerprint density at radius 3 is 2.67 bits per heavy atom. The number of hydrogen-bond acceptors (Lipinski definition) is 4. The van der Waals surface area contributed by atoms with Gasteiger partial charge >= 0.3 is 5.97 Å². The first-order valence-corrected chi connectivity index (χ1v) is 9.52. The van der Waals surface area contributed by atoms with Crippen LogP contribution in [0.15, 0.2) is 53.2 Å². The fourth-order valence-corrected chi connectivity index (χ4v) is 3.76. The molecule has 138 valence electrons. The standard InChI is InChI=1S/C20H14Cl2O4S/c21-16-6-7-17(23)20(22)14(16)9-26-18-11-27-10-15(18)13-4-2-1-3-12(13)5-8-19(24)25/h1-8,10-11,23H,9H2,(H,24,25). The second kappa shape index (κ2) is 8.48. The Hall–Kier alpha value is -2.47. The smallest absolute Gasteiger partial charge is 0.328 e. The van der Waals surface area contributed by atoms with Crippen molar-refractivity contribution in [3.63, 3.8) is 0 Å². The Morgan fingerprint density at radius 2 is 1.89 bits per heavy atom. The zero-order valence-corrected chi connectivity index (χ0v) is 16.2. The minimum Gasteiger partial charge on any atom is -0.506 e. The van der Waals surface area contributed by atoms with Crippen LogP contribution in [-0.4, -0.2) is 16.2 Å². The number of benzene rings is 2. The molecule has 3 rings (SSSR count). The number of aliphatic carboxylic acids is 1. The van der Waals surface area contributed by atoms with Crippen LogP contribution >= 0.6 is 34.5 Å². The monoisotopic (exact) mass is 420 g/mol. The second-order valence-corrected chi connectivity index (χ2v) is 7.08. The van der Waals surface area contributed by atoms with Crippen molar-refractivity contribution in [3.05, 3.63) is 74.4 Å². The topological polar surface area (TPSA) is 66.8 Å². The second-order valence-electron chi connectivity index (χ2n) is 5.56. The van der Waals surface area contributed by atoms with Crippen molar-refractivity contribution in [1.82, 2.24) is 0 Å². The summed E-state index contributed by atoms with van der Waals surface area (Å²) in [6.07, 6.45) is 2.64. The maximum Gasteiger partial charge on any atom is 0.328 e. The van der Waals surface area contributed by atoms with E-state index in [0.717, 1.165) is 22.8 Å². The van der Waals surface area contributed by atoms with E-state index in [1.807, 2.05) is 35.0 Å². The van der Waals surface area contributed by atoms with Gasteiger partial charge in [0.15, 0.2) is 0 Å². The number of phenols is 1. The van der Waals surface area contributed by atoms with Crippen LogP contribution in [0.25, 0.3) is 17.2 Å². The molecule has 4 nitrogen and oxygen atoms in total. The largest absolute Gasteiger partial charge is 0.506 e. The maximum atomic E-state index is 10.8. The van der Waals surface area contributed by atoms with Crippen molar-refractivity contribution in [2.24, 2.45) is 0 Å². The van der Waals surface area contributed by atoms with Crippen molar-refractivity contribution >= 4 is 46.6 Å². The molecule has 0 radical (unpaired) electrons. The van der Waals surface area contributed by atoms with Crippen LogP contribution in [0.3, 0.4) is 0 Å². The van der Waals surface area contributed by atoms with Gasteiger partial charge in [0.2, 0.25) is 0 Å². The van der Waals surface area contributed by atoms with Crippen LogP contribution in [0.4, 0.5) is 0 Å². The molecule has 0 saturated carbocycles. The third-order valence-electron chi connectivity index (χ3n) is 3.82. The first-order valence-electron chi connectivity index (χ1n) is 7.82. The van der Waals surface area contributed by atoms with Gasteiger partial charge in [0.05, 0.1) is 5.02 Å². The van der Waals surface area contributed by atoms with E-state index in [1.165, 1.54) is 17.4 Å². The number of rotatable bonds is 6. The SMILES string of the molecule is O=C(O)C=Cc1ccccc1-c1cscc1OCc1c(Cl)ccc(O)c1Cl. The van der Waals surface area contributed by atoms with Gasteiger partial charge in [-0.05, 0) is 29.3 Å². The highest BCUT2D eigenvalue weighted by Crippen LogP contribution is 2.38. The molecule has 1 heterocycles. The number of hydrogen-bond donors (Lipinski definition) is 2. The number of carbonyl (C=O) groups is 1. The van der Waals surface area contributed by atoms with Crippen LogP contribution in [-0.2, 0) is 11.4 Å². The minimum absolute atomic E-state index is 0.0608. The summed E-state index contributed by atoms with van der Waals surface area (Å²) in [5.41, 5.74) is 2.93. The average Bonchev–Trinajstić information content (AvgIpc) is 3.12. The fourth-order valence-electron chi connectivity index (χ4n) is 2.51. The van der Waals surface area contributed by atoms with Crippen LogP contribution < -0.4 is 4.74 Å². The Balaban J connectivity index is 1.90. The fraction of sp³-hybridized carbons (Fsp3) is 0.0500. The van der Waals surface area contributed by atoms with E-state index in [1.54, 1.807) is 12.1 Å². The summed E-state index contributed by atoms with van der Waals surface area (Å²) in [4.78, 5) is 10.8. The highest BCUT2D eigenvalue weighted by Gasteiger charge is 2.14. The Bertz CT molecular complexity index is 1010. The lowest BCUT2D eigenvalue weighted by Gasteiger charge is -2.12. The Morgan fingerprint density at radius 1 is 1.11 bits per heavy atom. The molecule has 0 aliphatic rings. The molecular weight excluding hydrogens is 407 g/mol. The van der Waals surface area contributed by atoms with Gasteiger partial charge in [-0.3, -0.25) is 0 Å². The van der Waals surface area contributed by atoms with Crippen molar-refractivity contribution in [3.8, 4) is 22.6 Å². The molecule has 0 bridgehead atoms. The first-order chi connectivity index (χ1) is 13.0. The molecule has 0 unspecified atom stereocenters. The van der Waals surface area contributed by atoms with Gasteiger partial charge in [0.25, 0.3) is 0 Å². The molecule has 0 fully saturated rings. The van der Waals surface area contributed by atoms with Crippen LogP contribution in [0.2, 0.25) is 10.0 Å². The molecule has 0 aliphatic carbocycles. The number of thiophene rings is 1. The Labute approximate surface area is 169 Å². The van der Waals surface area contributed by atoms with Gasteiger partial charge in [-0.15, -0.1) is 11.3 Å². The zero-order valence-electron chi connectivity index (χ0n) is 13.9. The molecule has 0 atom stereocenters. The highest BCUT2D eigenvalue weighted by atomic mass is 35.5. The summed E-state index contributed by atoms with van der Waals surface area (Å²) < 4.78 is 5.90. The van der Waals surface area contributed by atoms with Crippen LogP contribution in [0, 0.1) is 0 Å². The number of phenolic OH excluding ortho intramolecular Hbond substituents is 1. The van der Waals surface area contributed by atoms with Gasteiger partial charge in [0, 0.05) is 33.0 Å². The summed E-state index contributed by atoms with van der Waals surface area (Å²) in [5, 5.41) is 23.0. The predicted molar refractivity (Wildman–Crippen MR) is 109 cm³/mol. The van der Waals surface area contributed by atoms with Crippen molar-refractivity contribution in [2.45, 2.75) is 6.61 Å². The van der Waals surface area contributed by atoms with Crippen molar-refractivity contribution < 1.29 is 19.7 Å². The molecule has 0 aliphatic heterocycles.